The monoisotopic (exact) mass is 379 g/mol. The smallest absolute Gasteiger partial charge is 0.226 e. The van der Waals surface area contributed by atoms with Crippen LogP contribution in [-0.4, -0.2) is 22.3 Å². The molecular weight excluding hydrogens is 362 g/mol. The number of halogens is 1. The maximum Gasteiger partial charge on any atom is 0.226 e. The van der Waals surface area contributed by atoms with Crippen LogP contribution in [0.3, 0.4) is 0 Å². The number of rotatable bonds is 5. The van der Waals surface area contributed by atoms with Gasteiger partial charge in [0, 0.05) is 22.9 Å². The van der Waals surface area contributed by atoms with Crippen LogP contribution in [0, 0.1) is 0 Å². The van der Waals surface area contributed by atoms with Gasteiger partial charge in [-0.2, -0.15) is 5.10 Å². The summed E-state index contributed by atoms with van der Waals surface area (Å²) in [7, 11) is 0. The van der Waals surface area contributed by atoms with Crippen molar-refractivity contribution in [2.24, 2.45) is 0 Å². The zero-order valence-corrected chi connectivity index (χ0v) is 15.3. The first-order valence-electron chi connectivity index (χ1n) is 8.63. The molecule has 0 fully saturated rings. The second kappa shape index (κ2) is 7.29. The molecule has 1 N–H and O–H groups in total. The first-order valence-corrected chi connectivity index (χ1v) is 9.01. The van der Waals surface area contributed by atoms with Crippen molar-refractivity contribution in [2.45, 2.75) is 12.3 Å². The number of aromatic nitrogens is 2. The molecule has 1 aliphatic rings. The molecule has 1 atom stereocenters. The Morgan fingerprint density at radius 1 is 1.22 bits per heavy atom. The van der Waals surface area contributed by atoms with E-state index in [4.69, 9.17) is 16.3 Å². The Labute approximate surface area is 162 Å². The molecule has 6 heteroatoms. The lowest BCUT2D eigenvalue weighted by atomic mass is 9.87. The van der Waals surface area contributed by atoms with Gasteiger partial charge in [-0.05, 0) is 42.0 Å². The Balaban J connectivity index is 1.68. The van der Waals surface area contributed by atoms with E-state index in [1.807, 2.05) is 42.6 Å². The summed E-state index contributed by atoms with van der Waals surface area (Å²) in [5, 5.41) is 8.10. The summed E-state index contributed by atoms with van der Waals surface area (Å²) in [5.74, 6) is 1.39. The fourth-order valence-electron chi connectivity index (χ4n) is 3.25. The molecule has 0 spiro atoms. The van der Waals surface area contributed by atoms with E-state index in [0.717, 1.165) is 22.6 Å². The highest BCUT2D eigenvalue weighted by atomic mass is 35.5. The van der Waals surface area contributed by atoms with Gasteiger partial charge in [-0.1, -0.05) is 36.4 Å². The van der Waals surface area contributed by atoms with Crippen molar-refractivity contribution in [1.82, 2.24) is 9.78 Å². The zero-order chi connectivity index (χ0) is 18.8. The highest BCUT2D eigenvalue weighted by molar-refractivity contribution is 6.30. The lowest BCUT2D eigenvalue weighted by Crippen LogP contribution is -2.24. The Kier molecular flexibility index (Phi) is 4.69. The zero-order valence-electron chi connectivity index (χ0n) is 14.6. The van der Waals surface area contributed by atoms with Crippen molar-refractivity contribution in [1.29, 1.82) is 0 Å². The minimum atomic E-state index is -0.0525. The molecule has 3 aromatic rings. The van der Waals surface area contributed by atoms with Crippen molar-refractivity contribution in [3.8, 4) is 11.4 Å². The fourth-order valence-corrected chi connectivity index (χ4v) is 3.37. The predicted molar refractivity (Wildman–Crippen MR) is 106 cm³/mol. The Bertz CT molecular complexity index is 978. The lowest BCUT2D eigenvalue weighted by Gasteiger charge is -2.24. The SMILES string of the molecule is C=CCOc1ccc([C@@H]2CC(=O)Nc3c2cnn3-c2ccc(Cl)cc2)cc1. The Morgan fingerprint density at radius 2 is 1.96 bits per heavy atom. The van der Waals surface area contributed by atoms with Gasteiger partial charge in [-0.15, -0.1) is 0 Å². The number of anilines is 1. The van der Waals surface area contributed by atoms with Crippen molar-refractivity contribution in [3.05, 3.63) is 83.5 Å². The number of carbonyl (C=O) groups is 1. The van der Waals surface area contributed by atoms with E-state index in [2.05, 4.69) is 17.0 Å². The average molecular weight is 380 g/mol. The van der Waals surface area contributed by atoms with Crippen LogP contribution in [0.2, 0.25) is 5.02 Å². The number of hydrogen-bond acceptors (Lipinski definition) is 3. The van der Waals surface area contributed by atoms with E-state index in [0.29, 0.717) is 23.9 Å². The Morgan fingerprint density at radius 3 is 2.67 bits per heavy atom. The summed E-state index contributed by atoms with van der Waals surface area (Å²) < 4.78 is 7.27. The third-order valence-corrected chi connectivity index (χ3v) is 4.79. The number of carbonyl (C=O) groups excluding carboxylic acids is 1. The number of hydrogen-bond donors (Lipinski definition) is 1. The molecule has 136 valence electrons. The maximum absolute atomic E-state index is 12.3. The van der Waals surface area contributed by atoms with Crippen LogP contribution in [0.15, 0.2) is 67.4 Å². The molecule has 27 heavy (non-hydrogen) atoms. The number of amides is 1. The molecule has 1 amide bonds. The van der Waals surface area contributed by atoms with E-state index < -0.39 is 0 Å². The van der Waals surface area contributed by atoms with E-state index in [1.54, 1.807) is 22.9 Å². The minimum absolute atomic E-state index is 0.0322. The van der Waals surface area contributed by atoms with Crippen LogP contribution in [0.4, 0.5) is 5.82 Å². The first kappa shape index (κ1) is 17.4. The molecular formula is C21H18ClN3O2. The molecule has 1 aromatic heterocycles. The largest absolute Gasteiger partial charge is 0.490 e. The van der Waals surface area contributed by atoms with Gasteiger partial charge < -0.3 is 10.1 Å². The molecule has 0 saturated heterocycles. The molecule has 0 unspecified atom stereocenters. The van der Waals surface area contributed by atoms with Crippen LogP contribution in [0.5, 0.6) is 5.75 Å². The second-order valence-electron chi connectivity index (χ2n) is 6.31. The number of fused-ring (bicyclic) bond motifs is 1. The van der Waals surface area contributed by atoms with Gasteiger partial charge >= 0.3 is 0 Å². The highest BCUT2D eigenvalue weighted by Gasteiger charge is 2.30. The third kappa shape index (κ3) is 3.46. The topological polar surface area (TPSA) is 56.1 Å². The van der Waals surface area contributed by atoms with Crippen molar-refractivity contribution >= 4 is 23.3 Å². The van der Waals surface area contributed by atoms with Crippen LogP contribution >= 0.6 is 11.6 Å². The summed E-state index contributed by atoms with van der Waals surface area (Å²) in [4.78, 5) is 12.3. The molecule has 2 heterocycles. The average Bonchev–Trinajstić information content (AvgIpc) is 3.10. The van der Waals surface area contributed by atoms with Crippen LogP contribution in [0.25, 0.3) is 5.69 Å². The normalized spacial score (nSPS) is 15.7. The molecule has 2 aromatic carbocycles. The summed E-state index contributed by atoms with van der Waals surface area (Å²) in [6.07, 6.45) is 3.90. The second-order valence-corrected chi connectivity index (χ2v) is 6.75. The third-order valence-electron chi connectivity index (χ3n) is 4.54. The van der Waals surface area contributed by atoms with E-state index in [-0.39, 0.29) is 11.8 Å². The van der Waals surface area contributed by atoms with Crippen molar-refractivity contribution in [3.63, 3.8) is 0 Å². The highest BCUT2D eigenvalue weighted by Crippen LogP contribution is 2.38. The molecule has 1 aliphatic heterocycles. The number of nitrogens with zero attached hydrogens (tertiary/aromatic N) is 2. The first-order chi connectivity index (χ1) is 13.2. The van der Waals surface area contributed by atoms with E-state index in [1.165, 1.54) is 0 Å². The summed E-state index contributed by atoms with van der Waals surface area (Å²) >= 11 is 5.97. The molecule has 5 nitrogen and oxygen atoms in total. The molecule has 0 bridgehead atoms. The molecule has 0 radical (unpaired) electrons. The summed E-state index contributed by atoms with van der Waals surface area (Å²) in [6.45, 7) is 4.11. The van der Waals surface area contributed by atoms with E-state index >= 15 is 0 Å². The van der Waals surface area contributed by atoms with Gasteiger partial charge in [0.15, 0.2) is 0 Å². The van der Waals surface area contributed by atoms with Gasteiger partial charge in [0.05, 0.1) is 11.9 Å². The van der Waals surface area contributed by atoms with Gasteiger partial charge in [-0.3, -0.25) is 4.79 Å². The fraction of sp³-hybridized carbons (Fsp3) is 0.143. The lowest BCUT2D eigenvalue weighted by molar-refractivity contribution is -0.116. The van der Waals surface area contributed by atoms with Crippen LogP contribution in [-0.2, 0) is 4.79 Å². The molecule has 0 aliphatic carbocycles. The van der Waals surface area contributed by atoms with Gasteiger partial charge in [0.1, 0.15) is 18.2 Å². The van der Waals surface area contributed by atoms with Crippen LogP contribution < -0.4 is 10.1 Å². The standard InChI is InChI=1S/C21H18ClN3O2/c1-2-11-27-17-9-3-14(4-10-17)18-12-20(26)24-21-19(18)13-23-25(21)16-7-5-15(22)6-8-16/h2-10,13,18H,1,11-12H2,(H,24,26)/t18-/m0/s1. The quantitative estimate of drug-likeness (QED) is 0.661. The number of ether oxygens (including phenoxy) is 1. The predicted octanol–water partition coefficient (Wildman–Crippen LogP) is 4.56. The number of nitrogens with one attached hydrogen (secondary N) is 1. The Hall–Kier alpha value is -3.05. The summed E-state index contributed by atoms with van der Waals surface area (Å²) in [6, 6.07) is 15.2. The van der Waals surface area contributed by atoms with Crippen LogP contribution in [0.1, 0.15) is 23.5 Å². The molecule has 4 rings (SSSR count). The van der Waals surface area contributed by atoms with Gasteiger partial charge in [0.2, 0.25) is 5.91 Å². The van der Waals surface area contributed by atoms with E-state index in [9.17, 15) is 4.79 Å². The van der Waals surface area contributed by atoms with Crippen molar-refractivity contribution < 1.29 is 9.53 Å². The van der Waals surface area contributed by atoms with Gasteiger partial charge in [-0.25, -0.2) is 4.68 Å². The number of benzene rings is 2. The summed E-state index contributed by atoms with van der Waals surface area (Å²) in [5.41, 5.74) is 2.88. The minimum Gasteiger partial charge on any atom is -0.490 e. The van der Waals surface area contributed by atoms with Gasteiger partial charge in [0.25, 0.3) is 0 Å². The maximum atomic E-state index is 12.3. The molecule has 0 saturated carbocycles. The van der Waals surface area contributed by atoms with Crippen molar-refractivity contribution in [2.75, 3.05) is 11.9 Å².